The number of benzene rings is 2. The standard InChI is InChI=1S/C20H17ClN4S2/c1-13-23-24-20(25(13)16-6-4-3-5-7-16)27-12-15-10-14-8-9-17(26-2)11-18(14)22-19(15)21/h3-11H,12H2,1-2H3. The number of hydrogen-bond donors (Lipinski definition) is 0. The summed E-state index contributed by atoms with van der Waals surface area (Å²) in [5, 5.41) is 11.0. The Balaban J connectivity index is 1.62. The van der Waals surface area contributed by atoms with Gasteiger partial charge in [-0.2, -0.15) is 0 Å². The van der Waals surface area contributed by atoms with Gasteiger partial charge in [-0.05, 0) is 43.5 Å². The smallest absolute Gasteiger partial charge is 0.196 e. The van der Waals surface area contributed by atoms with Crippen LogP contribution in [0.3, 0.4) is 0 Å². The Morgan fingerprint density at radius 2 is 1.85 bits per heavy atom. The first kappa shape index (κ1) is 18.3. The summed E-state index contributed by atoms with van der Waals surface area (Å²) in [6.07, 6.45) is 2.05. The third-order valence-electron chi connectivity index (χ3n) is 4.22. The number of pyridine rings is 1. The number of aromatic nitrogens is 4. The zero-order valence-corrected chi connectivity index (χ0v) is 17.3. The van der Waals surface area contributed by atoms with E-state index in [4.69, 9.17) is 11.6 Å². The third kappa shape index (κ3) is 3.83. The molecule has 0 atom stereocenters. The fraction of sp³-hybridized carbons (Fsp3) is 0.150. The molecule has 0 bridgehead atoms. The summed E-state index contributed by atoms with van der Waals surface area (Å²) in [7, 11) is 0. The van der Waals surface area contributed by atoms with Crippen LogP contribution in [0.5, 0.6) is 0 Å². The molecule has 0 amide bonds. The second-order valence-corrected chi connectivity index (χ2v) is 8.17. The van der Waals surface area contributed by atoms with Crippen molar-refractivity contribution < 1.29 is 0 Å². The molecule has 4 aromatic rings. The summed E-state index contributed by atoms with van der Waals surface area (Å²) in [6.45, 7) is 1.96. The van der Waals surface area contributed by atoms with Crippen LogP contribution in [0.15, 0.2) is 64.6 Å². The van der Waals surface area contributed by atoms with E-state index in [2.05, 4.69) is 50.3 Å². The van der Waals surface area contributed by atoms with E-state index in [1.807, 2.05) is 37.3 Å². The van der Waals surface area contributed by atoms with E-state index in [0.29, 0.717) is 10.9 Å². The minimum Gasteiger partial charge on any atom is -0.274 e. The molecule has 0 fully saturated rings. The van der Waals surface area contributed by atoms with Gasteiger partial charge in [0.25, 0.3) is 0 Å². The Morgan fingerprint density at radius 1 is 1.04 bits per heavy atom. The first-order valence-electron chi connectivity index (χ1n) is 8.39. The van der Waals surface area contributed by atoms with Crippen molar-refractivity contribution >= 4 is 46.0 Å². The molecule has 0 N–H and O–H groups in total. The van der Waals surface area contributed by atoms with E-state index in [9.17, 15) is 0 Å². The van der Waals surface area contributed by atoms with Crippen LogP contribution in [-0.4, -0.2) is 26.0 Å². The highest BCUT2D eigenvalue weighted by atomic mass is 35.5. The molecule has 0 saturated heterocycles. The van der Waals surface area contributed by atoms with Crippen LogP contribution in [-0.2, 0) is 5.75 Å². The van der Waals surface area contributed by atoms with Crippen LogP contribution >= 0.6 is 35.1 Å². The normalized spacial score (nSPS) is 11.2. The number of halogens is 1. The van der Waals surface area contributed by atoms with Gasteiger partial charge in [-0.25, -0.2) is 4.98 Å². The average molecular weight is 413 g/mol. The second-order valence-electron chi connectivity index (χ2n) is 5.99. The molecule has 136 valence electrons. The molecule has 4 nitrogen and oxygen atoms in total. The van der Waals surface area contributed by atoms with Crippen LogP contribution in [0.2, 0.25) is 5.15 Å². The van der Waals surface area contributed by atoms with Crippen molar-refractivity contribution in [2.75, 3.05) is 6.26 Å². The van der Waals surface area contributed by atoms with Crippen molar-refractivity contribution in [1.29, 1.82) is 0 Å². The summed E-state index contributed by atoms with van der Waals surface area (Å²) < 4.78 is 2.05. The number of fused-ring (bicyclic) bond motifs is 1. The van der Waals surface area contributed by atoms with Crippen molar-refractivity contribution in [3.8, 4) is 5.69 Å². The van der Waals surface area contributed by atoms with Crippen molar-refractivity contribution in [3.63, 3.8) is 0 Å². The van der Waals surface area contributed by atoms with Gasteiger partial charge in [-0.1, -0.05) is 47.6 Å². The fourth-order valence-electron chi connectivity index (χ4n) is 2.85. The van der Waals surface area contributed by atoms with Gasteiger partial charge >= 0.3 is 0 Å². The van der Waals surface area contributed by atoms with Gasteiger partial charge in [0.2, 0.25) is 0 Å². The Morgan fingerprint density at radius 3 is 2.63 bits per heavy atom. The van der Waals surface area contributed by atoms with E-state index < -0.39 is 0 Å². The van der Waals surface area contributed by atoms with Crippen molar-refractivity contribution in [2.24, 2.45) is 0 Å². The summed E-state index contributed by atoms with van der Waals surface area (Å²) in [4.78, 5) is 5.76. The molecule has 0 aliphatic rings. The Labute approximate surface area is 171 Å². The lowest BCUT2D eigenvalue weighted by molar-refractivity contribution is 0.868. The molecule has 7 heteroatoms. The van der Waals surface area contributed by atoms with E-state index in [0.717, 1.165) is 33.1 Å². The Bertz CT molecular complexity index is 1100. The number of thioether (sulfide) groups is 2. The molecule has 0 spiro atoms. The van der Waals surface area contributed by atoms with Gasteiger partial charge in [0.05, 0.1) is 5.52 Å². The zero-order valence-electron chi connectivity index (χ0n) is 14.9. The summed E-state index contributed by atoms with van der Waals surface area (Å²) in [6, 6.07) is 18.5. The predicted octanol–water partition coefficient (Wildman–Crippen LogP) is 5.79. The van der Waals surface area contributed by atoms with Crippen LogP contribution < -0.4 is 0 Å². The molecule has 27 heavy (non-hydrogen) atoms. The maximum atomic E-state index is 6.45. The van der Waals surface area contributed by atoms with E-state index >= 15 is 0 Å². The topological polar surface area (TPSA) is 43.6 Å². The lowest BCUT2D eigenvalue weighted by Gasteiger charge is -2.09. The van der Waals surface area contributed by atoms with Crippen LogP contribution in [0.25, 0.3) is 16.6 Å². The van der Waals surface area contributed by atoms with Gasteiger partial charge in [0, 0.05) is 27.3 Å². The number of hydrogen-bond acceptors (Lipinski definition) is 5. The minimum atomic E-state index is 0.538. The molecule has 0 aliphatic carbocycles. The first-order chi connectivity index (χ1) is 13.2. The van der Waals surface area contributed by atoms with Crippen molar-refractivity contribution in [1.82, 2.24) is 19.7 Å². The minimum absolute atomic E-state index is 0.538. The van der Waals surface area contributed by atoms with E-state index in [1.165, 1.54) is 4.90 Å². The van der Waals surface area contributed by atoms with Crippen molar-refractivity contribution in [2.45, 2.75) is 22.7 Å². The van der Waals surface area contributed by atoms with Gasteiger partial charge in [-0.3, -0.25) is 4.57 Å². The number of para-hydroxylation sites is 1. The maximum Gasteiger partial charge on any atom is 0.196 e. The lowest BCUT2D eigenvalue weighted by atomic mass is 10.2. The molecule has 2 aromatic heterocycles. The summed E-state index contributed by atoms with van der Waals surface area (Å²) >= 11 is 9.76. The summed E-state index contributed by atoms with van der Waals surface area (Å²) in [5.41, 5.74) is 2.96. The van der Waals surface area contributed by atoms with Gasteiger partial charge in [-0.15, -0.1) is 22.0 Å². The summed E-state index contributed by atoms with van der Waals surface area (Å²) in [5.74, 6) is 1.54. The van der Waals surface area contributed by atoms with Gasteiger partial charge < -0.3 is 0 Å². The van der Waals surface area contributed by atoms with E-state index in [1.54, 1.807) is 23.5 Å². The Hall–Kier alpha value is -2.02. The highest BCUT2D eigenvalue weighted by molar-refractivity contribution is 7.98. The van der Waals surface area contributed by atoms with Gasteiger partial charge in [0.15, 0.2) is 5.16 Å². The molecule has 0 unspecified atom stereocenters. The molecule has 0 radical (unpaired) electrons. The number of nitrogens with zero attached hydrogens (tertiary/aromatic N) is 4. The predicted molar refractivity (Wildman–Crippen MR) is 114 cm³/mol. The molecule has 2 heterocycles. The maximum absolute atomic E-state index is 6.45. The largest absolute Gasteiger partial charge is 0.274 e. The van der Waals surface area contributed by atoms with Crippen LogP contribution in [0, 0.1) is 6.92 Å². The molecule has 0 aliphatic heterocycles. The van der Waals surface area contributed by atoms with Crippen molar-refractivity contribution in [3.05, 3.63) is 71.1 Å². The number of aryl methyl sites for hydroxylation is 1. The molecule has 0 saturated carbocycles. The average Bonchev–Trinajstić information content (AvgIpc) is 3.07. The first-order valence-corrected chi connectivity index (χ1v) is 11.0. The SMILES string of the molecule is CSc1ccc2cc(CSc3nnc(C)n3-c3ccccc3)c(Cl)nc2c1. The zero-order chi connectivity index (χ0) is 18.8. The molecular formula is C20H17ClN4S2. The third-order valence-corrected chi connectivity index (χ3v) is 6.25. The Kier molecular flexibility index (Phi) is 5.38. The number of rotatable bonds is 5. The fourth-order valence-corrected chi connectivity index (χ4v) is 4.54. The van der Waals surface area contributed by atoms with Gasteiger partial charge in [0.1, 0.15) is 11.0 Å². The van der Waals surface area contributed by atoms with E-state index in [-0.39, 0.29) is 0 Å². The highest BCUT2D eigenvalue weighted by Gasteiger charge is 2.13. The van der Waals surface area contributed by atoms with Crippen LogP contribution in [0.1, 0.15) is 11.4 Å². The molecule has 2 aromatic carbocycles. The quantitative estimate of drug-likeness (QED) is 0.306. The highest BCUT2D eigenvalue weighted by Crippen LogP contribution is 2.30. The second kappa shape index (κ2) is 7.92. The van der Waals surface area contributed by atoms with Crippen LogP contribution in [0.4, 0.5) is 0 Å². The molecular weight excluding hydrogens is 396 g/mol. The molecule has 4 rings (SSSR count). The monoisotopic (exact) mass is 412 g/mol. The lowest BCUT2D eigenvalue weighted by Crippen LogP contribution is -1.99.